The molecule has 0 aromatic carbocycles. The third kappa shape index (κ3) is 21.4. The van der Waals surface area contributed by atoms with Crippen molar-refractivity contribution in [3.8, 4) is 0 Å². The van der Waals surface area contributed by atoms with E-state index in [2.05, 4.69) is 13.8 Å². The van der Waals surface area contributed by atoms with Gasteiger partial charge in [-0.2, -0.15) is 0 Å². The standard InChI is InChI=1S/C18H37.Pb.2H/c1-3-5-7-9-11-13-15-17-18-16-14-12-10-8-6-4-2;;;/h1,3-18H2,2H3;;;. The molecule has 0 aliphatic rings. The molecule has 0 saturated heterocycles. The van der Waals surface area contributed by atoms with Crippen LogP contribution in [0.2, 0.25) is 0 Å². The van der Waals surface area contributed by atoms with Crippen LogP contribution < -0.4 is 0 Å². The maximum atomic E-state index is 3.88. The molecular formula is C18H39Pb. The van der Waals surface area contributed by atoms with Gasteiger partial charge in [-0.15, -0.1) is 0 Å². The monoisotopic (exact) mass is 463 g/mol. The molecule has 19 heavy (non-hydrogen) atoms. The van der Waals surface area contributed by atoms with E-state index in [1.54, 1.807) is 0 Å². The van der Waals surface area contributed by atoms with Gasteiger partial charge in [0.25, 0.3) is 0 Å². The topological polar surface area (TPSA) is 0 Å². The second kappa shape index (κ2) is 21.2. The van der Waals surface area contributed by atoms with E-state index >= 15 is 0 Å². The predicted molar refractivity (Wildman–Crippen MR) is 93.4 cm³/mol. The van der Waals surface area contributed by atoms with Gasteiger partial charge in [0.15, 0.2) is 0 Å². The zero-order valence-corrected chi connectivity index (χ0v) is 19.2. The van der Waals surface area contributed by atoms with Crippen molar-refractivity contribution in [2.75, 3.05) is 0 Å². The van der Waals surface area contributed by atoms with E-state index in [9.17, 15) is 0 Å². The Morgan fingerprint density at radius 3 is 1.00 bits per heavy atom. The van der Waals surface area contributed by atoms with Crippen LogP contribution in [0.1, 0.15) is 110 Å². The van der Waals surface area contributed by atoms with Gasteiger partial charge in [-0.05, 0) is 0 Å². The first-order chi connectivity index (χ1) is 8.91. The van der Waals surface area contributed by atoms with E-state index in [0.29, 0.717) is 0 Å². The van der Waals surface area contributed by atoms with Gasteiger partial charge in [-0.1, -0.05) is 117 Å². The predicted octanol–water partition coefficient (Wildman–Crippen LogP) is 6.17. The van der Waals surface area contributed by atoms with Gasteiger partial charge in [-0.3, -0.25) is 0 Å². The van der Waals surface area contributed by atoms with Crippen LogP contribution in [0, 0.1) is 6.92 Å². The molecule has 115 valence electrons. The molecule has 3 radical (unpaired) electrons. The van der Waals surface area contributed by atoms with Crippen LogP contribution in [0.4, 0.5) is 0 Å². The summed E-state index contributed by atoms with van der Waals surface area (Å²) < 4.78 is 0. The summed E-state index contributed by atoms with van der Waals surface area (Å²) in [4.78, 5) is 0. The van der Waals surface area contributed by atoms with Gasteiger partial charge in [0.1, 0.15) is 0 Å². The third-order valence-electron chi connectivity index (χ3n) is 3.85. The number of hydrogen-bond donors (Lipinski definition) is 0. The van der Waals surface area contributed by atoms with Crippen molar-refractivity contribution in [2.45, 2.75) is 110 Å². The summed E-state index contributed by atoms with van der Waals surface area (Å²) in [6.07, 6.45) is 22.8. The van der Waals surface area contributed by atoms with Crippen LogP contribution in [0.15, 0.2) is 0 Å². The van der Waals surface area contributed by atoms with Gasteiger partial charge in [0.2, 0.25) is 0 Å². The van der Waals surface area contributed by atoms with Gasteiger partial charge in [-0.25, -0.2) is 0 Å². The van der Waals surface area contributed by atoms with Crippen LogP contribution in [0.3, 0.4) is 0 Å². The van der Waals surface area contributed by atoms with Crippen molar-refractivity contribution in [3.05, 3.63) is 6.92 Å². The van der Waals surface area contributed by atoms with Crippen molar-refractivity contribution in [2.24, 2.45) is 0 Å². The maximum absolute atomic E-state index is 3.88. The molecule has 0 amide bonds. The minimum absolute atomic E-state index is 0. The van der Waals surface area contributed by atoms with E-state index in [1.807, 2.05) is 0 Å². The molecule has 0 aromatic heterocycles. The molecule has 0 N–H and O–H groups in total. The Morgan fingerprint density at radius 1 is 0.474 bits per heavy atom. The summed E-state index contributed by atoms with van der Waals surface area (Å²) in [6, 6.07) is 0. The molecule has 0 aliphatic heterocycles. The normalized spacial score (nSPS) is 10.4. The molecule has 0 atom stereocenters. The molecule has 0 spiro atoms. The quantitative estimate of drug-likeness (QED) is 0.202. The summed E-state index contributed by atoms with van der Waals surface area (Å²) in [5, 5.41) is 0. The number of unbranched alkanes of at least 4 members (excludes halogenated alkanes) is 15. The summed E-state index contributed by atoms with van der Waals surface area (Å²) in [7, 11) is 0. The molecule has 0 nitrogen and oxygen atoms in total. The Bertz CT molecular complexity index is 118. The summed E-state index contributed by atoms with van der Waals surface area (Å²) >= 11 is 0. The van der Waals surface area contributed by atoms with Crippen molar-refractivity contribution in [1.29, 1.82) is 0 Å². The summed E-state index contributed by atoms with van der Waals surface area (Å²) in [6.45, 7) is 6.18. The molecule has 0 aliphatic carbocycles. The van der Waals surface area contributed by atoms with Gasteiger partial charge < -0.3 is 0 Å². The first kappa shape index (κ1) is 22.2. The Kier molecular flexibility index (Phi) is 24.8. The van der Waals surface area contributed by atoms with E-state index in [4.69, 9.17) is 0 Å². The van der Waals surface area contributed by atoms with E-state index in [0.717, 1.165) is 6.42 Å². The molecule has 0 rings (SSSR count). The second-order valence-electron chi connectivity index (χ2n) is 5.80. The van der Waals surface area contributed by atoms with E-state index in [-0.39, 0.29) is 27.3 Å². The fourth-order valence-electron chi connectivity index (χ4n) is 2.55. The molecule has 0 heterocycles. The average Bonchev–Trinajstić information content (AvgIpc) is 2.39. The van der Waals surface area contributed by atoms with Crippen LogP contribution in [0.5, 0.6) is 0 Å². The van der Waals surface area contributed by atoms with Crippen molar-refractivity contribution < 1.29 is 0 Å². The Balaban J connectivity index is 0. The molecule has 1 heteroatoms. The number of hydrogen-bond acceptors (Lipinski definition) is 0. The van der Waals surface area contributed by atoms with Crippen LogP contribution in [0.25, 0.3) is 0 Å². The number of rotatable bonds is 15. The van der Waals surface area contributed by atoms with Crippen LogP contribution in [-0.4, -0.2) is 27.3 Å². The van der Waals surface area contributed by atoms with Crippen LogP contribution >= 0.6 is 0 Å². The Labute approximate surface area is 143 Å². The minimum atomic E-state index is 0. The zero-order valence-electron chi connectivity index (χ0n) is 13.7. The van der Waals surface area contributed by atoms with Gasteiger partial charge in [0, 0.05) is 0 Å². The van der Waals surface area contributed by atoms with Crippen molar-refractivity contribution in [3.63, 3.8) is 0 Å². The zero-order chi connectivity index (χ0) is 13.3. The Hall–Kier alpha value is 0.922. The molecule has 0 saturated carbocycles. The van der Waals surface area contributed by atoms with E-state index in [1.165, 1.54) is 96.3 Å². The molecular weight excluding hydrogens is 423 g/mol. The van der Waals surface area contributed by atoms with E-state index < -0.39 is 0 Å². The average molecular weight is 463 g/mol. The van der Waals surface area contributed by atoms with Gasteiger partial charge >= 0.3 is 27.3 Å². The van der Waals surface area contributed by atoms with Crippen LogP contribution in [-0.2, 0) is 0 Å². The fourth-order valence-corrected chi connectivity index (χ4v) is 2.55. The van der Waals surface area contributed by atoms with Crippen molar-refractivity contribution >= 4 is 27.3 Å². The SMILES string of the molecule is [CH2]CCCCCCCCCCCCCCCCC.[PbH2]. The Morgan fingerprint density at radius 2 is 0.737 bits per heavy atom. The van der Waals surface area contributed by atoms with Gasteiger partial charge in [0.05, 0.1) is 0 Å². The third-order valence-corrected chi connectivity index (χ3v) is 3.85. The first-order valence-corrected chi connectivity index (χ1v) is 8.71. The fraction of sp³-hybridized carbons (Fsp3) is 0.944. The summed E-state index contributed by atoms with van der Waals surface area (Å²) in [5.74, 6) is 0. The van der Waals surface area contributed by atoms with Crippen molar-refractivity contribution in [1.82, 2.24) is 0 Å². The first-order valence-electron chi connectivity index (χ1n) is 8.71. The molecule has 0 fully saturated rings. The summed E-state index contributed by atoms with van der Waals surface area (Å²) in [5.41, 5.74) is 0. The molecule has 0 aromatic rings. The molecule has 0 bridgehead atoms. The second-order valence-corrected chi connectivity index (χ2v) is 5.80. The molecule has 0 unspecified atom stereocenters.